The van der Waals surface area contributed by atoms with Crippen LogP contribution in [0.2, 0.25) is 0 Å². The van der Waals surface area contributed by atoms with Gasteiger partial charge in [0.15, 0.2) is 11.5 Å². The zero-order valence-electron chi connectivity index (χ0n) is 17.0. The second-order valence-electron chi connectivity index (χ2n) is 6.85. The van der Waals surface area contributed by atoms with Crippen LogP contribution in [0.5, 0.6) is 11.5 Å². The molecular weight excluding hydrogens is 434 g/mol. The van der Waals surface area contributed by atoms with Crippen LogP contribution in [0.25, 0.3) is 10.9 Å². The summed E-state index contributed by atoms with van der Waals surface area (Å²) in [6.45, 7) is 5.94. The largest absolute Gasteiger partial charge is 0.493 e. The third kappa shape index (κ3) is 4.67. The molecule has 0 fully saturated rings. The lowest BCUT2D eigenvalue weighted by atomic mass is 10.2. The first kappa shape index (κ1) is 21.0. The highest BCUT2D eigenvalue weighted by Gasteiger charge is 2.13. The molecule has 0 unspecified atom stereocenters. The number of methoxy groups -OCH3 is 1. The zero-order chi connectivity index (χ0) is 21.0. The molecule has 3 rings (SSSR count). The topological polar surface area (TPSA) is 65.7 Å². The van der Waals surface area contributed by atoms with Gasteiger partial charge < -0.3 is 9.47 Å². The molecule has 2 aromatic carbocycles. The standard InChI is InChI=1S/C22H24BrN3O3/c1-5-7-20-25-18-11-10-16(23)12-17(18)22(27)26(20)24-13-15-8-6-9-19(28-4)21(15)29-14(2)3/h6,8-14H,5,7H2,1-4H3. The lowest BCUT2D eigenvalue weighted by Gasteiger charge is -2.15. The normalized spacial score (nSPS) is 11.5. The van der Waals surface area contributed by atoms with Crippen LogP contribution in [0.1, 0.15) is 38.6 Å². The first-order valence-electron chi connectivity index (χ1n) is 9.53. The first-order chi connectivity index (χ1) is 13.9. The fourth-order valence-electron chi connectivity index (χ4n) is 2.98. The minimum absolute atomic E-state index is 0.0310. The lowest BCUT2D eigenvalue weighted by Crippen LogP contribution is -2.22. The van der Waals surface area contributed by atoms with E-state index in [1.54, 1.807) is 19.4 Å². The number of para-hydroxylation sites is 1. The summed E-state index contributed by atoms with van der Waals surface area (Å²) in [6, 6.07) is 11.1. The highest BCUT2D eigenvalue weighted by molar-refractivity contribution is 9.10. The number of fused-ring (bicyclic) bond motifs is 1. The number of aromatic nitrogens is 2. The molecule has 0 aliphatic carbocycles. The molecule has 0 saturated carbocycles. The molecular formula is C22H24BrN3O3. The maximum atomic E-state index is 13.1. The van der Waals surface area contributed by atoms with E-state index in [4.69, 9.17) is 9.47 Å². The fourth-order valence-corrected chi connectivity index (χ4v) is 3.34. The number of hydrogen-bond acceptors (Lipinski definition) is 5. The Morgan fingerprint density at radius 1 is 1.28 bits per heavy atom. The molecule has 152 valence electrons. The molecule has 1 heterocycles. The lowest BCUT2D eigenvalue weighted by molar-refractivity contribution is 0.230. The Morgan fingerprint density at radius 3 is 2.76 bits per heavy atom. The summed E-state index contributed by atoms with van der Waals surface area (Å²) in [5.41, 5.74) is 1.19. The van der Waals surface area contributed by atoms with E-state index in [0.29, 0.717) is 34.6 Å². The number of aryl methyl sites for hydroxylation is 1. The van der Waals surface area contributed by atoms with Crippen molar-refractivity contribution < 1.29 is 9.47 Å². The predicted octanol–water partition coefficient (Wildman–Crippen LogP) is 4.79. The second kappa shape index (κ2) is 9.22. The molecule has 0 atom stereocenters. The maximum absolute atomic E-state index is 13.1. The van der Waals surface area contributed by atoms with Crippen LogP contribution < -0.4 is 15.0 Å². The van der Waals surface area contributed by atoms with Crippen molar-refractivity contribution in [3.05, 3.63) is 62.6 Å². The van der Waals surface area contributed by atoms with Gasteiger partial charge in [-0.05, 0) is 50.6 Å². The van der Waals surface area contributed by atoms with Crippen LogP contribution in [0, 0.1) is 0 Å². The van der Waals surface area contributed by atoms with Gasteiger partial charge in [-0.2, -0.15) is 9.78 Å². The van der Waals surface area contributed by atoms with E-state index >= 15 is 0 Å². The summed E-state index contributed by atoms with van der Waals surface area (Å²) >= 11 is 3.42. The second-order valence-corrected chi connectivity index (χ2v) is 7.76. The Labute approximate surface area is 178 Å². The zero-order valence-corrected chi connectivity index (χ0v) is 18.6. The molecule has 7 heteroatoms. The number of hydrogen-bond donors (Lipinski definition) is 0. The molecule has 0 bridgehead atoms. The highest BCUT2D eigenvalue weighted by atomic mass is 79.9. The maximum Gasteiger partial charge on any atom is 0.282 e. The summed E-state index contributed by atoms with van der Waals surface area (Å²) in [7, 11) is 1.60. The van der Waals surface area contributed by atoms with Crippen LogP contribution in [0.15, 0.2) is 50.8 Å². The third-order valence-corrected chi connectivity index (χ3v) is 4.74. The molecule has 0 N–H and O–H groups in total. The van der Waals surface area contributed by atoms with E-state index < -0.39 is 0 Å². The van der Waals surface area contributed by atoms with Crippen LogP contribution in [0.3, 0.4) is 0 Å². The van der Waals surface area contributed by atoms with Gasteiger partial charge >= 0.3 is 0 Å². The van der Waals surface area contributed by atoms with Crippen LogP contribution >= 0.6 is 15.9 Å². The fraction of sp³-hybridized carbons (Fsp3) is 0.318. The number of rotatable bonds is 7. The van der Waals surface area contributed by atoms with E-state index in [1.807, 2.05) is 51.1 Å². The number of nitrogens with zero attached hydrogens (tertiary/aromatic N) is 3. The van der Waals surface area contributed by atoms with Gasteiger partial charge in [0, 0.05) is 16.5 Å². The minimum atomic E-state index is -0.203. The van der Waals surface area contributed by atoms with Gasteiger partial charge in [-0.25, -0.2) is 4.98 Å². The summed E-state index contributed by atoms with van der Waals surface area (Å²) in [6.07, 6.45) is 3.08. The Morgan fingerprint density at radius 2 is 2.07 bits per heavy atom. The first-order valence-corrected chi connectivity index (χ1v) is 10.3. The van der Waals surface area contributed by atoms with E-state index in [1.165, 1.54) is 4.68 Å². The molecule has 1 aromatic heterocycles. The smallest absolute Gasteiger partial charge is 0.282 e. The number of halogens is 1. The minimum Gasteiger partial charge on any atom is -0.493 e. The van der Waals surface area contributed by atoms with Crippen molar-refractivity contribution >= 4 is 33.0 Å². The average molecular weight is 458 g/mol. The van der Waals surface area contributed by atoms with Crippen LogP contribution in [-0.2, 0) is 6.42 Å². The Bertz CT molecular complexity index is 1110. The van der Waals surface area contributed by atoms with Gasteiger partial charge in [-0.3, -0.25) is 4.79 Å². The van der Waals surface area contributed by atoms with Crippen LogP contribution in [-0.4, -0.2) is 29.1 Å². The van der Waals surface area contributed by atoms with E-state index in [-0.39, 0.29) is 11.7 Å². The molecule has 0 aliphatic rings. The molecule has 0 saturated heterocycles. The molecule has 29 heavy (non-hydrogen) atoms. The average Bonchev–Trinajstić information content (AvgIpc) is 2.69. The Kier molecular flexibility index (Phi) is 6.69. The van der Waals surface area contributed by atoms with Crippen molar-refractivity contribution in [2.75, 3.05) is 7.11 Å². The Balaban J connectivity index is 2.15. The van der Waals surface area contributed by atoms with E-state index in [0.717, 1.165) is 16.5 Å². The molecule has 0 amide bonds. The van der Waals surface area contributed by atoms with Gasteiger partial charge in [0.2, 0.25) is 0 Å². The van der Waals surface area contributed by atoms with E-state index in [9.17, 15) is 4.79 Å². The molecule has 0 aliphatic heterocycles. The van der Waals surface area contributed by atoms with Crippen molar-refractivity contribution in [1.29, 1.82) is 0 Å². The quantitative estimate of drug-likeness (QED) is 0.478. The van der Waals surface area contributed by atoms with Crippen LogP contribution in [0.4, 0.5) is 0 Å². The van der Waals surface area contributed by atoms with Crippen molar-refractivity contribution in [1.82, 2.24) is 9.66 Å². The predicted molar refractivity (Wildman–Crippen MR) is 119 cm³/mol. The SMILES string of the molecule is CCCc1nc2ccc(Br)cc2c(=O)n1N=Cc1cccc(OC)c1OC(C)C. The monoisotopic (exact) mass is 457 g/mol. The molecule has 6 nitrogen and oxygen atoms in total. The van der Waals surface area contributed by atoms with Crippen molar-refractivity contribution in [2.24, 2.45) is 5.10 Å². The van der Waals surface area contributed by atoms with Gasteiger partial charge in [0.05, 0.1) is 30.3 Å². The summed E-state index contributed by atoms with van der Waals surface area (Å²) < 4.78 is 13.5. The van der Waals surface area contributed by atoms with Gasteiger partial charge in [-0.1, -0.05) is 28.9 Å². The highest BCUT2D eigenvalue weighted by Crippen LogP contribution is 2.31. The van der Waals surface area contributed by atoms with Crippen molar-refractivity contribution in [2.45, 2.75) is 39.7 Å². The summed E-state index contributed by atoms with van der Waals surface area (Å²) in [5, 5.41) is 5.00. The van der Waals surface area contributed by atoms with Crippen molar-refractivity contribution in [3.8, 4) is 11.5 Å². The number of benzene rings is 2. The van der Waals surface area contributed by atoms with Crippen molar-refractivity contribution in [3.63, 3.8) is 0 Å². The van der Waals surface area contributed by atoms with E-state index in [2.05, 4.69) is 26.0 Å². The molecule has 3 aromatic rings. The molecule has 0 spiro atoms. The number of ether oxygens (including phenoxy) is 2. The Hall–Kier alpha value is -2.67. The summed E-state index contributed by atoms with van der Waals surface area (Å²) in [5.74, 6) is 1.83. The van der Waals surface area contributed by atoms with Gasteiger partial charge in [-0.15, -0.1) is 0 Å². The van der Waals surface area contributed by atoms with Gasteiger partial charge in [0.25, 0.3) is 5.56 Å². The third-order valence-electron chi connectivity index (χ3n) is 4.24. The molecule has 0 radical (unpaired) electrons. The van der Waals surface area contributed by atoms with Gasteiger partial charge in [0.1, 0.15) is 5.82 Å². The summed E-state index contributed by atoms with van der Waals surface area (Å²) in [4.78, 5) is 17.8.